The second-order valence-electron chi connectivity index (χ2n) is 10.0. The molecule has 5 aromatic rings. The number of anilines is 2. The normalized spacial score (nSPS) is 11.7. The van der Waals surface area contributed by atoms with Crippen LogP contribution in [0.1, 0.15) is 32.3 Å². The zero-order chi connectivity index (χ0) is 30.7. The van der Waals surface area contributed by atoms with Crippen LogP contribution in [0, 0.1) is 6.92 Å². The van der Waals surface area contributed by atoms with Gasteiger partial charge in [0.05, 0.1) is 0 Å². The number of nitrogens with one attached hydrogen (secondary N) is 3. The Morgan fingerprint density at radius 3 is 1.82 bits per heavy atom. The van der Waals surface area contributed by atoms with Crippen molar-refractivity contribution in [3.63, 3.8) is 0 Å². The summed E-state index contributed by atoms with van der Waals surface area (Å²) in [5, 5.41) is 8.17. The molecule has 7 heteroatoms. The molecule has 1 atom stereocenters. The van der Waals surface area contributed by atoms with Gasteiger partial charge in [-0.25, -0.2) is 0 Å². The van der Waals surface area contributed by atoms with Crippen LogP contribution in [-0.2, 0) is 9.59 Å². The van der Waals surface area contributed by atoms with Gasteiger partial charge in [0.25, 0.3) is 11.8 Å². The molecule has 44 heavy (non-hydrogen) atoms. The first kappa shape index (κ1) is 30.1. The molecular formula is C37H31N3O3S. The van der Waals surface area contributed by atoms with Gasteiger partial charge in [-0.3, -0.25) is 14.4 Å². The molecule has 0 aliphatic carbocycles. The van der Waals surface area contributed by atoms with Crippen molar-refractivity contribution in [3.05, 3.63) is 167 Å². The van der Waals surface area contributed by atoms with Gasteiger partial charge in [-0.15, -0.1) is 11.8 Å². The lowest BCUT2D eigenvalue weighted by atomic mass is 10.1. The second kappa shape index (κ2) is 14.7. The SMILES string of the molecule is Cc1ccc(NC(=O)C(Sc2ccc(NC(=O)/C(=C/c3ccccc3)NC(=O)c3ccccc3)cc2)c2ccccc2)cc1. The molecule has 3 amide bonds. The van der Waals surface area contributed by atoms with Gasteiger partial charge in [0.15, 0.2) is 0 Å². The maximum Gasteiger partial charge on any atom is 0.272 e. The van der Waals surface area contributed by atoms with E-state index in [1.54, 1.807) is 42.5 Å². The van der Waals surface area contributed by atoms with Gasteiger partial charge in [-0.1, -0.05) is 96.6 Å². The summed E-state index contributed by atoms with van der Waals surface area (Å²) in [6.07, 6.45) is 1.64. The van der Waals surface area contributed by atoms with E-state index < -0.39 is 11.2 Å². The molecule has 0 saturated carbocycles. The lowest BCUT2D eigenvalue weighted by molar-refractivity contribution is -0.116. The van der Waals surface area contributed by atoms with Crippen molar-refractivity contribution in [1.82, 2.24) is 5.32 Å². The molecule has 3 N–H and O–H groups in total. The highest BCUT2D eigenvalue weighted by Crippen LogP contribution is 2.36. The van der Waals surface area contributed by atoms with Crippen molar-refractivity contribution in [2.45, 2.75) is 17.1 Å². The van der Waals surface area contributed by atoms with Crippen molar-refractivity contribution < 1.29 is 14.4 Å². The summed E-state index contributed by atoms with van der Waals surface area (Å²) >= 11 is 1.42. The van der Waals surface area contributed by atoms with Crippen LogP contribution < -0.4 is 16.0 Å². The van der Waals surface area contributed by atoms with Crippen molar-refractivity contribution in [1.29, 1.82) is 0 Å². The van der Waals surface area contributed by atoms with E-state index in [1.165, 1.54) is 11.8 Å². The highest BCUT2D eigenvalue weighted by atomic mass is 32.2. The van der Waals surface area contributed by atoms with Crippen LogP contribution in [0.5, 0.6) is 0 Å². The smallest absolute Gasteiger partial charge is 0.272 e. The zero-order valence-electron chi connectivity index (χ0n) is 24.1. The molecule has 0 spiro atoms. The Balaban J connectivity index is 1.31. The van der Waals surface area contributed by atoms with Crippen molar-refractivity contribution in [3.8, 4) is 0 Å². The molecule has 0 saturated heterocycles. The highest BCUT2D eigenvalue weighted by molar-refractivity contribution is 8.00. The molecule has 5 aromatic carbocycles. The second-order valence-corrected chi connectivity index (χ2v) is 11.2. The van der Waals surface area contributed by atoms with Crippen LogP contribution in [0.4, 0.5) is 11.4 Å². The molecule has 0 heterocycles. The van der Waals surface area contributed by atoms with Gasteiger partial charge < -0.3 is 16.0 Å². The number of hydrogen-bond donors (Lipinski definition) is 3. The van der Waals surface area contributed by atoms with Crippen LogP contribution in [0.2, 0.25) is 0 Å². The number of benzene rings is 5. The maximum atomic E-state index is 13.4. The third kappa shape index (κ3) is 8.33. The van der Waals surface area contributed by atoms with E-state index in [0.717, 1.165) is 27.3 Å². The summed E-state index contributed by atoms with van der Waals surface area (Å²) in [5.41, 5.74) is 4.61. The Morgan fingerprint density at radius 1 is 0.636 bits per heavy atom. The third-order valence-corrected chi connectivity index (χ3v) is 7.93. The molecule has 218 valence electrons. The van der Waals surface area contributed by atoms with Gasteiger partial charge in [-0.05, 0) is 72.7 Å². The van der Waals surface area contributed by atoms with E-state index in [9.17, 15) is 14.4 Å². The van der Waals surface area contributed by atoms with Crippen LogP contribution in [-0.4, -0.2) is 17.7 Å². The quantitative estimate of drug-likeness (QED) is 0.113. The van der Waals surface area contributed by atoms with Crippen molar-refractivity contribution in [2.75, 3.05) is 10.6 Å². The summed E-state index contributed by atoms with van der Waals surface area (Å²) in [7, 11) is 0. The average molecular weight is 598 g/mol. The fraction of sp³-hybridized carbons (Fsp3) is 0.0541. The number of rotatable bonds is 10. The first-order chi connectivity index (χ1) is 21.4. The number of amides is 3. The molecule has 0 bridgehead atoms. The summed E-state index contributed by atoms with van der Waals surface area (Å²) < 4.78 is 0. The predicted octanol–water partition coefficient (Wildman–Crippen LogP) is 7.88. The molecule has 0 aliphatic heterocycles. The summed E-state index contributed by atoms with van der Waals surface area (Å²) in [6, 6.07) is 42.6. The Labute approximate surface area is 261 Å². The first-order valence-electron chi connectivity index (χ1n) is 14.1. The number of aryl methyl sites for hydroxylation is 1. The lowest BCUT2D eigenvalue weighted by Crippen LogP contribution is -2.30. The summed E-state index contributed by atoms with van der Waals surface area (Å²) in [5.74, 6) is -0.976. The Morgan fingerprint density at radius 2 is 1.18 bits per heavy atom. The highest BCUT2D eigenvalue weighted by Gasteiger charge is 2.22. The van der Waals surface area contributed by atoms with E-state index in [-0.39, 0.29) is 17.5 Å². The molecule has 1 unspecified atom stereocenters. The number of carbonyl (C=O) groups excluding carboxylic acids is 3. The Bertz CT molecular complexity index is 1740. The first-order valence-corrected chi connectivity index (χ1v) is 15.0. The lowest BCUT2D eigenvalue weighted by Gasteiger charge is -2.18. The average Bonchev–Trinajstić information content (AvgIpc) is 3.06. The van der Waals surface area contributed by atoms with Crippen molar-refractivity contribution in [2.24, 2.45) is 0 Å². The monoisotopic (exact) mass is 597 g/mol. The number of carbonyl (C=O) groups is 3. The fourth-order valence-electron chi connectivity index (χ4n) is 4.36. The van der Waals surface area contributed by atoms with Crippen molar-refractivity contribution >= 4 is 46.9 Å². The van der Waals surface area contributed by atoms with E-state index in [1.807, 2.05) is 110 Å². The van der Waals surface area contributed by atoms with Gasteiger partial charge >= 0.3 is 0 Å². The standard InChI is InChI=1S/C37H31N3O3S/c1-26-17-19-30(20-18-26)39-37(43)34(28-13-7-3-8-14-28)44-32-23-21-31(22-24-32)38-36(42)33(25-27-11-5-2-6-12-27)40-35(41)29-15-9-4-10-16-29/h2-25,34H,1H3,(H,38,42)(H,39,43)(H,40,41)/b33-25-. The molecule has 0 radical (unpaired) electrons. The number of hydrogen-bond acceptors (Lipinski definition) is 4. The van der Waals surface area contributed by atoms with Gasteiger partial charge in [0.2, 0.25) is 5.91 Å². The molecule has 0 aromatic heterocycles. The van der Waals surface area contributed by atoms with Crippen LogP contribution in [0.3, 0.4) is 0 Å². The topological polar surface area (TPSA) is 87.3 Å². The van der Waals surface area contributed by atoms with Crippen LogP contribution in [0.25, 0.3) is 6.08 Å². The summed E-state index contributed by atoms with van der Waals surface area (Å²) in [6.45, 7) is 2.00. The molecular weight excluding hydrogens is 566 g/mol. The largest absolute Gasteiger partial charge is 0.325 e. The molecule has 0 aliphatic rings. The Hall–Kier alpha value is -5.40. The van der Waals surface area contributed by atoms with E-state index in [2.05, 4.69) is 16.0 Å². The minimum Gasteiger partial charge on any atom is -0.325 e. The van der Waals surface area contributed by atoms with E-state index in [0.29, 0.717) is 11.3 Å². The van der Waals surface area contributed by atoms with E-state index in [4.69, 9.17) is 0 Å². The van der Waals surface area contributed by atoms with Crippen LogP contribution >= 0.6 is 11.8 Å². The van der Waals surface area contributed by atoms with Gasteiger partial charge in [0, 0.05) is 21.8 Å². The molecule has 6 nitrogen and oxygen atoms in total. The Kier molecular flexibility index (Phi) is 10.0. The molecule has 0 fully saturated rings. The summed E-state index contributed by atoms with van der Waals surface area (Å²) in [4.78, 5) is 40.5. The van der Waals surface area contributed by atoms with Gasteiger partial charge in [-0.2, -0.15) is 0 Å². The minimum atomic E-state index is -0.494. The minimum absolute atomic E-state index is 0.112. The van der Waals surface area contributed by atoms with E-state index >= 15 is 0 Å². The van der Waals surface area contributed by atoms with Crippen LogP contribution in [0.15, 0.2) is 150 Å². The van der Waals surface area contributed by atoms with Gasteiger partial charge in [0.1, 0.15) is 10.9 Å². The third-order valence-electron chi connectivity index (χ3n) is 6.67. The number of thioether (sulfide) groups is 1. The maximum absolute atomic E-state index is 13.4. The molecule has 5 rings (SSSR count). The fourth-order valence-corrected chi connectivity index (χ4v) is 5.38. The zero-order valence-corrected chi connectivity index (χ0v) is 24.9. The predicted molar refractivity (Wildman–Crippen MR) is 178 cm³/mol.